The third-order valence-corrected chi connectivity index (χ3v) is 6.11. The second-order valence-electron chi connectivity index (χ2n) is 8.76. The second kappa shape index (κ2) is 9.64. The molecule has 0 aliphatic heterocycles. The highest BCUT2D eigenvalue weighted by Crippen LogP contribution is 2.31. The Morgan fingerprint density at radius 1 is 1.16 bits per heavy atom. The number of aromatic nitrogens is 1. The van der Waals surface area contributed by atoms with E-state index < -0.39 is 11.6 Å². The van der Waals surface area contributed by atoms with Crippen LogP contribution in [0.5, 0.6) is 0 Å². The third-order valence-electron chi connectivity index (χ3n) is 6.11. The van der Waals surface area contributed by atoms with Gasteiger partial charge in [-0.25, -0.2) is 0 Å². The summed E-state index contributed by atoms with van der Waals surface area (Å²) in [7, 11) is 0. The highest BCUT2D eigenvalue weighted by Gasteiger charge is 2.31. The minimum absolute atomic E-state index is 0.0549. The standard InChI is InChI=1S/C24H32N2O5/c1-16-8-9-20-19(10-13-26(23(20)29)17(2)15-31-18(3)27)22(16)25-21(28)14-24(30)11-6-4-5-7-12-24/h8-10,13,17,30H,4-7,11-12,14-15H2,1-3H3,(H,25,28). The molecule has 7 nitrogen and oxygen atoms in total. The monoisotopic (exact) mass is 428 g/mol. The van der Waals surface area contributed by atoms with Gasteiger partial charge in [-0.3, -0.25) is 14.4 Å². The molecule has 1 aliphatic carbocycles. The van der Waals surface area contributed by atoms with E-state index in [4.69, 9.17) is 4.74 Å². The average Bonchev–Trinajstić information content (AvgIpc) is 2.92. The number of amides is 1. The predicted molar refractivity (Wildman–Crippen MR) is 120 cm³/mol. The smallest absolute Gasteiger partial charge is 0.302 e. The Bertz CT molecular complexity index is 1020. The van der Waals surface area contributed by atoms with E-state index in [2.05, 4.69) is 5.32 Å². The number of pyridine rings is 1. The van der Waals surface area contributed by atoms with E-state index in [9.17, 15) is 19.5 Å². The third kappa shape index (κ3) is 5.53. The summed E-state index contributed by atoms with van der Waals surface area (Å²) in [6.45, 7) is 5.12. The van der Waals surface area contributed by atoms with E-state index in [1.54, 1.807) is 31.3 Å². The molecule has 1 unspecified atom stereocenters. The first-order valence-corrected chi connectivity index (χ1v) is 11.0. The second-order valence-corrected chi connectivity index (χ2v) is 8.76. The van der Waals surface area contributed by atoms with Crippen LogP contribution in [0, 0.1) is 6.92 Å². The van der Waals surface area contributed by atoms with Crippen LogP contribution in [0.2, 0.25) is 0 Å². The molecular formula is C24H32N2O5. The van der Waals surface area contributed by atoms with Gasteiger partial charge in [-0.2, -0.15) is 0 Å². The average molecular weight is 429 g/mol. The summed E-state index contributed by atoms with van der Waals surface area (Å²) in [5, 5.41) is 14.9. The molecular weight excluding hydrogens is 396 g/mol. The van der Waals surface area contributed by atoms with Crippen LogP contribution in [0.3, 0.4) is 0 Å². The van der Waals surface area contributed by atoms with Gasteiger partial charge in [0.15, 0.2) is 0 Å². The van der Waals surface area contributed by atoms with Crippen LogP contribution in [0.15, 0.2) is 29.2 Å². The number of esters is 1. The fourth-order valence-corrected chi connectivity index (χ4v) is 4.33. The predicted octanol–water partition coefficient (Wildman–Crippen LogP) is 3.85. The zero-order valence-corrected chi connectivity index (χ0v) is 18.6. The number of rotatable bonds is 6. The number of anilines is 1. The minimum Gasteiger partial charge on any atom is -0.464 e. The number of ether oxygens (including phenoxy) is 1. The van der Waals surface area contributed by atoms with Crippen LogP contribution in [-0.4, -0.2) is 33.8 Å². The van der Waals surface area contributed by atoms with Crippen molar-refractivity contribution in [1.29, 1.82) is 0 Å². The van der Waals surface area contributed by atoms with Gasteiger partial charge in [0.05, 0.1) is 23.8 Å². The lowest BCUT2D eigenvalue weighted by atomic mass is 9.90. The number of nitrogens with one attached hydrogen (secondary N) is 1. The molecule has 1 heterocycles. The Hall–Kier alpha value is -2.67. The van der Waals surface area contributed by atoms with Gasteiger partial charge in [-0.1, -0.05) is 31.7 Å². The van der Waals surface area contributed by atoms with Crippen molar-refractivity contribution in [2.24, 2.45) is 0 Å². The van der Waals surface area contributed by atoms with E-state index in [0.29, 0.717) is 29.3 Å². The first kappa shape index (κ1) is 23.0. The molecule has 0 radical (unpaired) electrons. The van der Waals surface area contributed by atoms with E-state index in [-0.39, 0.29) is 30.5 Å². The fraction of sp³-hybridized carbons (Fsp3) is 0.542. The Kier molecular flexibility index (Phi) is 7.15. The van der Waals surface area contributed by atoms with Crippen molar-refractivity contribution < 1.29 is 19.4 Å². The lowest BCUT2D eigenvalue weighted by Crippen LogP contribution is -2.33. The van der Waals surface area contributed by atoms with Crippen LogP contribution < -0.4 is 10.9 Å². The van der Waals surface area contributed by atoms with Crippen LogP contribution in [0.25, 0.3) is 10.8 Å². The van der Waals surface area contributed by atoms with Crippen LogP contribution in [0.1, 0.15) is 70.4 Å². The summed E-state index contributed by atoms with van der Waals surface area (Å²) in [5.41, 5.74) is 0.267. The molecule has 0 saturated heterocycles. The highest BCUT2D eigenvalue weighted by atomic mass is 16.5. The molecule has 2 aromatic rings. The highest BCUT2D eigenvalue weighted by molar-refractivity contribution is 6.03. The van der Waals surface area contributed by atoms with Gasteiger partial charge in [0.1, 0.15) is 6.61 Å². The van der Waals surface area contributed by atoms with E-state index in [0.717, 1.165) is 31.2 Å². The van der Waals surface area contributed by atoms with Gasteiger partial charge in [0, 0.05) is 23.9 Å². The van der Waals surface area contributed by atoms with Crippen molar-refractivity contribution in [3.8, 4) is 0 Å². The van der Waals surface area contributed by atoms with Gasteiger partial charge >= 0.3 is 5.97 Å². The summed E-state index contributed by atoms with van der Waals surface area (Å²) in [6, 6.07) is 5.03. The first-order valence-electron chi connectivity index (χ1n) is 11.0. The molecule has 1 saturated carbocycles. The molecule has 31 heavy (non-hydrogen) atoms. The largest absolute Gasteiger partial charge is 0.464 e. The van der Waals surface area contributed by atoms with Crippen LogP contribution in [-0.2, 0) is 14.3 Å². The van der Waals surface area contributed by atoms with Crippen molar-refractivity contribution >= 4 is 28.3 Å². The first-order chi connectivity index (χ1) is 14.7. The molecule has 0 bridgehead atoms. The number of aliphatic hydroxyl groups is 1. The fourth-order valence-electron chi connectivity index (χ4n) is 4.33. The van der Waals surface area contributed by atoms with Gasteiger partial charge in [0.2, 0.25) is 5.91 Å². The number of fused-ring (bicyclic) bond motifs is 1. The summed E-state index contributed by atoms with van der Waals surface area (Å²) in [5.74, 6) is -0.635. The Morgan fingerprint density at radius 3 is 2.48 bits per heavy atom. The van der Waals surface area contributed by atoms with E-state index in [1.807, 2.05) is 6.92 Å². The molecule has 0 spiro atoms. The molecule has 1 fully saturated rings. The number of aryl methyl sites for hydroxylation is 1. The Balaban J connectivity index is 1.86. The van der Waals surface area contributed by atoms with Gasteiger partial charge in [-0.05, 0) is 44.4 Å². The zero-order valence-electron chi connectivity index (χ0n) is 18.6. The SMILES string of the molecule is CC(=O)OCC(C)n1ccc2c(NC(=O)CC3(O)CCCCCC3)c(C)ccc2c1=O. The Labute approximate surface area is 182 Å². The lowest BCUT2D eigenvalue weighted by molar-refractivity contribution is -0.142. The molecule has 168 valence electrons. The summed E-state index contributed by atoms with van der Waals surface area (Å²) < 4.78 is 6.56. The number of hydrogen-bond acceptors (Lipinski definition) is 5. The van der Waals surface area contributed by atoms with Gasteiger partial charge in [-0.15, -0.1) is 0 Å². The maximum Gasteiger partial charge on any atom is 0.302 e. The number of carbonyl (C=O) groups excluding carboxylic acids is 2. The van der Waals surface area contributed by atoms with Crippen molar-refractivity contribution in [3.63, 3.8) is 0 Å². The maximum atomic E-state index is 13.0. The van der Waals surface area contributed by atoms with Crippen molar-refractivity contribution in [2.75, 3.05) is 11.9 Å². The molecule has 1 aliphatic rings. The quantitative estimate of drug-likeness (QED) is 0.538. The van der Waals surface area contributed by atoms with E-state index in [1.165, 1.54) is 11.5 Å². The zero-order chi connectivity index (χ0) is 22.6. The number of carbonyl (C=O) groups is 2. The molecule has 1 aromatic carbocycles. The number of nitrogens with zero attached hydrogens (tertiary/aromatic N) is 1. The Morgan fingerprint density at radius 2 is 1.84 bits per heavy atom. The minimum atomic E-state index is -0.960. The molecule has 7 heteroatoms. The molecule has 3 rings (SSSR count). The summed E-state index contributed by atoms with van der Waals surface area (Å²) in [6.07, 6.45) is 7.04. The van der Waals surface area contributed by atoms with Crippen molar-refractivity contribution in [1.82, 2.24) is 4.57 Å². The van der Waals surface area contributed by atoms with Gasteiger partial charge < -0.3 is 19.7 Å². The topological polar surface area (TPSA) is 97.6 Å². The van der Waals surface area contributed by atoms with Crippen molar-refractivity contribution in [3.05, 3.63) is 40.3 Å². The molecule has 1 aromatic heterocycles. The van der Waals surface area contributed by atoms with Crippen molar-refractivity contribution in [2.45, 2.75) is 77.4 Å². The lowest BCUT2D eigenvalue weighted by Gasteiger charge is -2.26. The number of benzene rings is 1. The summed E-state index contributed by atoms with van der Waals surface area (Å²) >= 11 is 0. The molecule has 2 N–H and O–H groups in total. The maximum absolute atomic E-state index is 13.0. The van der Waals surface area contributed by atoms with E-state index >= 15 is 0 Å². The molecule has 1 amide bonds. The van der Waals surface area contributed by atoms with Crippen LogP contribution in [0.4, 0.5) is 5.69 Å². The normalized spacial score (nSPS) is 17.0. The van der Waals surface area contributed by atoms with Crippen LogP contribution >= 0.6 is 0 Å². The molecule has 1 atom stereocenters. The summed E-state index contributed by atoms with van der Waals surface area (Å²) in [4.78, 5) is 36.9. The number of hydrogen-bond donors (Lipinski definition) is 2. The van der Waals surface area contributed by atoms with Gasteiger partial charge in [0.25, 0.3) is 5.56 Å².